The molecule has 0 bridgehead atoms. The third kappa shape index (κ3) is 2.55. The quantitative estimate of drug-likeness (QED) is 0.684. The Morgan fingerprint density at radius 3 is 3.00 bits per heavy atom. The zero-order valence-electron chi connectivity index (χ0n) is 12.9. The number of halogens is 1. The van der Waals surface area contributed by atoms with E-state index in [1.165, 1.54) is 6.07 Å². The lowest BCUT2D eigenvalue weighted by atomic mass is 9.79. The summed E-state index contributed by atoms with van der Waals surface area (Å²) in [5.74, 6) is 0.670. The zero-order valence-corrected chi connectivity index (χ0v) is 12.7. The number of ether oxygens (including phenoxy) is 1. The first-order valence-electron chi connectivity index (χ1n) is 7.11. The van der Waals surface area contributed by atoms with Crippen molar-refractivity contribution in [3.63, 3.8) is 0 Å². The Morgan fingerprint density at radius 1 is 1.50 bits per heavy atom. The molecule has 0 saturated carbocycles. The Labute approximate surface area is 134 Å². The molecule has 22 heavy (non-hydrogen) atoms. The normalized spacial score (nSPS) is 17.0. The molecule has 1 unspecified atom stereocenters. The minimum absolute atomic E-state index is 0.195. The summed E-state index contributed by atoms with van der Waals surface area (Å²) in [5.41, 5.74) is 2.76. The Morgan fingerprint density at radius 2 is 2.27 bits per heavy atom. The third-order valence-electron chi connectivity index (χ3n) is 3.41. The summed E-state index contributed by atoms with van der Waals surface area (Å²) < 4.78 is 18.6. The number of aryl methyl sites for hydroxylation is 2. The molecule has 1 atom stereocenters. The van der Waals surface area contributed by atoms with Gasteiger partial charge in [-0.3, -0.25) is 0 Å². The van der Waals surface area contributed by atoms with Gasteiger partial charge in [0.15, 0.2) is 0 Å². The monoisotopic (exact) mass is 315 g/mol. The van der Waals surface area contributed by atoms with Gasteiger partial charge in [0.2, 0.25) is 11.6 Å². The van der Waals surface area contributed by atoms with E-state index in [2.05, 4.69) is 9.83 Å². The standard InChI is InChI=1S/C15H12BClN2O3/c1-8-4-11-10(7-21-16(11)20)5-14(8)22-15-12(17)6-13(18-3)9(2)19-15/h4-6,20H,7H2,1-2H3/i7D. The molecule has 0 radical (unpaired) electrons. The maximum atomic E-state index is 9.75. The molecule has 0 aliphatic carbocycles. The number of fused-ring (bicyclic) bond motifs is 1. The molecule has 1 N–H and O–H groups in total. The van der Waals surface area contributed by atoms with E-state index in [0.29, 0.717) is 28.2 Å². The van der Waals surface area contributed by atoms with Crippen LogP contribution in [0, 0.1) is 20.4 Å². The van der Waals surface area contributed by atoms with Gasteiger partial charge in [-0.05, 0) is 42.6 Å². The first-order chi connectivity index (χ1) is 10.9. The molecular formula is C15H12BClN2O3. The summed E-state index contributed by atoms with van der Waals surface area (Å²) in [6.45, 7) is 9.62. The summed E-state index contributed by atoms with van der Waals surface area (Å²) in [5, 5.41) is 9.99. The number of pyridine rings is 1. The Hall–Kier alpha value is -2.07. The maximum Gasteiger partial charge on any atom is 0.491 e. The van der Waals surface area contributed by atoms with Gasteiger partial charge in [-0.25, -0.2) is 9.83 Å². The lowest BCUT2D eigenvalue weighted by Gasteiger charge is -2.12. The third-order valence-corrected chi connectivity index (χ3v) is 3.68. The van der Waals surface area contributed by atoms with Crippen LogP contribution >= 0.6 is 11.6 Å². The van der Waals surface area contributed by atoms with Gasteiger partial charge in [-0.2, -0.15) is 0 Å². The molecule has 3 rings (SSSR count). The van der Waals surface area contributed by atoms with Gasteiger partial charge in [0.1, 0.15) is 5.75 Å². The number of aromatic nitrogens is 1. The molecule has 0 fully saturated rings. The lowest BCUT2D eigenvalue weighted by molar-refractivity contribution is 0.275. The van der Waals surface area contributed by atoms with E-state index >= 15 is 0 Å². The highest BCUT2D eigenvalue weighted by Crippen LogP contribution is 2.34. The van der Waals surface area contributed by atoms with E-state index in [9.17, 15) is 5.02 Å². The average molecular weight is 316 g/mol. The highest BCUT2D eigenvalue weighted by Gasteiger charge is 2.28. The fourth-order valence-corrected chi connectivity index (χ4v) is 2.39. The molecule has 2 aromatic rings. The van der Waals surface area contributed by atoms with Gasteiger partial charge in [0, 0.05) is 5.69 Å². The van der Waals surface area contributed by atoms with Gasteiger partial charge in [0.25, 0.3) is 0 Å². The van der Waals surface area contributed by atoms with Gasteiger partial charge >= 0.3 is 7.12 Å². The second-order valence-electron chi connectivity index (χ2n) is 4.95. The minimum atomic E-state index is -1.10. The lowest BCUT2D eigenvalue weighted by Crippen LogP contribution is -2.28. The second-order valence-corrected chi connectivity index (χ2v) is 5.35. The Bertz CT molecular complexity index is 840. The van der Waals surface area contributed by atoms with E-state index in [0.717, 1.165) is 5.56 Å². The summed E-state index contributed by atoms with van der Waals surface area (Å²) in [7, 11) is -1.10. The van der Waals surface area contributed by atoms with Gasteiger partial charge < -0.3 is 14.4 Å². The molecule has 5 nitrogen and oxygen atoms in total. The largest absolute Gasteiger partial charge is 0.491 e. The van der Waals surface area contributed by atoms with E-state index in [1.807, 2.05) is 6.92 Å². The average Bonchev–Trinajstić information content (AvgIpc) is 2.77. The molecule has 0 spiro atoms. The highest BCUT2D eigenvalue weighted by atomic mass is 35.5. The molecule has 2 heterocycles. The van der Waals surface area contributed by atoms with Crippen LogP contribution in [0.2, 0.25) is 5.02 Å². The molecule has 1 aromatic carbocycles. The van der Waals surface area contributed by atoms with Crippen LogP contribution in [0.4, 0.5) is 5.69 Å². The van der Waals surface area contributed by atoms with Crippen molar-refractivity contribution in [2.45, 2.75) is 20.4 Å². The fraction of sp³-hybridized carbons (Fsp3) is 0.200. The number of rotatable bonds is 2. The van der Waals surface area contributed by atoms with E-state index in [1.54, 1.807) is 19.1 Å². The smallest absolute Gasteiger partial charge is 0.437 e. The van der Waals surface area contributed by atoms with E-state index in [4.69, 9.17) is 28.9 Å². The molecule has 7 heteroatoms. The predicted octanol–water partition coefficient (Wildman–Crippen LogP) is 2.91. The van der Waals surface area contributed by atoms with Crippen LogP contribution in [0.15, 0.2) is 18.2 Å². The van der Waals surface area contributed by atoms with Crippen LogP contribution < -0.4 is 10.2 Å². The first-order valence-corrected chi connectivity index (χ1v) is 6.91. The molecule has 0 amide bonds. The Balaban J connectivity index is 2.00. The molecule has 110 valence electrons. The van der Waals surface area contributed by atoms with Crippen molar-refractivity contribution in [3.8, 4) is 11.6 Å². The topological polar surface area (TPSA) is 55.9 Å². The summed E-state index contributed by atoms with van der Waals surface area (Å²) in [6, 6.07) is 4.88. The highest BCUT2D eigenvalue weighted by molar-refractivity contribution is 6.61. The summed E-state index contributed by atoms with van der Waals surface area (Å²) in [6.07, 6.45) is 0. The van der Waals surface area contributed by atoms with Crippen LogP contribution in [0.1, 0.15) is 18.2 Å². The van der Waals surface area contributed by atoms with Crippen molar-refractivity contribution in [2.75, 3.05) is 0 Å². The van der Waals surface area contributed by atoms with Crippen LogP contribution in [0.25, 0.3) is 4.85 Å². The van der Waals surface area contributed by atoms with Crippen molar-refractivity contribution < 1.29 is 15.8 Å². The van der Waals surface area contributed by atoms with Crippen molar-refractivity contribution in [2.24, 2.45) is 0 Å². The van der Waals surface area contributed by atoms with Gasteiger partial charge in [-0.15, -0.1) is 0 Å². The van der Waals surface area contributed by atoms with Crippen LogP contribution in [-0.4, -0.2) is 17.1 Å². The van der Waals surface area contributed by atoms with Gasteiger partial charge in [-0.1, -0.05) is 17.7 Å². The van der Waals surface area contributed by atoms with Crippen molar-refractivity contribution >= 4 is 29.9 Å². The van der Waals surface area contributed by atoms with Crippen LogP contribution in [-0.2, 0) is 11.2 Å². The minimum Gasteiger partial charge on any atom is -0.437 e. The molecular weight excluding hydrogens is 302 g/mol. The number of hydrogen-bond donors (Lipinski definition) is 1. The molecule has 0 saturated heterocycles. The molecule has 1 aliphatic heterocycles. The number of hydrogen-bond acceptors (Lipinski definition) is 4. The van der Waals surface area contributed by atoms with E-state index < -0.39 is 13.7 Å². The maximum absolute atomic E-state index is 9.75. The predicted molar refractivity (Wildman–Crippen MR) is 83.9 cm³/mol. The second kappa shape index (κ2) is 5.62. The summed E-state index contributed by atoms with van der Waals surface area (Å²) in [4.78, 5) is 7.55. The van der Waals surface area contributed by atoms with Crippen molar-refractivity contribution in [1.82, 2.24) is 4.98 Å². The Kier molecular flexibility index (Phi) is 3.47. The first kappa shape index (κ1) is 13.6. The van der Waals surface area contributed by atoms with Gasteiger partial charge in [0.05, 0.1) is 19.5 Å². The van der Waals surface area contributed by atoms with Crippen molar-refractivity contribution in [1.29, 1.82) is 0 Å². The molecule has 1 aliphatic rings. The fourth-order valence-electron chi connectivity index (χ4n) is 2.20. The zero-order chi connectivity index (χ0) is 16.7. The van der Waals surface area contributed by atoms with Crippen LogP contribution in [0.5, 0.6) is 11.6 Å². The molecule has 1 aromatic heterocycles. The summed E-state index contributed by atoms with van der Waals surface area (Å²) >= 11 is 6.12. The number of benzene rings is 1. The van der Waals surface area contributed by atoms with E-state index in [-0.39, 0.29) is 10.9 Å². The number of nitrogens with zero attached hydrogens (tertiary/aromatic N) is 2. The SMILES string of the molecule is [2H]C1OB(O)c2cc(C)c(Oc3nc(C)c([N+]#[C-])cc3Cl)cc21. The van der Waals surface area contributed by atoms with Crippen LogP contribution in [0.3, 0.4) is 0 Å². The van der Waals surface area contributed by atoms with Crippen molar-refractivity contribution in [3.05, 3.63) is 51.5 Å².